The monoisotopic (exact) mass is 1210 g/mol. The van der Waals surface area contributed by atoms with Crippen LogP contribution in [-0.2, 0) is 52.1 Å². The first kappa shape index (κ1) is 64.3. The van der Waals surface area contributed by atoms with Crippen LogP contribution in [-0.4, -0.2) is 54.0 Å². The standard InChI is InChI=1S/C51H81N3O3.2C7H14.U/c1-46(2,3)37-25-34(43(55)40(28-37)49(10,11)12)31-52-19-21-53(32-35-26-38(47(4,5)6)29-41(44(35)56)50(13,14)15)23-24-54(22-20-52)33-36-27-39(48(7,8)9)30-42(45(36)57)51(16,17)18;2*1-7-5-3-2-4-6-7;/h25-30,55-57H,19-24,31-33H2,1-18H3;2*7H,2-6H2,1H3;/q;;;+3/p-3. The van der Waals surface area contributed by atoms with Crippen molar-refractivity contribution in [2.45, 2.75) is 255 Å². The Balaban J connectivity index is 0.000000780. The minimum atomic E-state index is -0.276. The van der Waals surface area contributed by atoms with Crippen molar-refractivity contribution in [3.8, 4) is 17.2 Å². The van der Waals surface area contributed by atoms with Gasteiger partial charge in [0, 0.05) is 58.9 Å². The maximum Gasteiger partial charge on any atom is 3.00 e. The zero-order valence-corrected chi connectivity index (χ0v) is 54.3. The minimum absolute atomic E-state index is 0. The maximum atomic E-state index is 14.2. The van der Waals surface area contributed by atoms with Gasteiger partial charge in [0.1, 0.15) is 0 Å². The Hall–Kier alpha value is -2.01. The third-order valence-corrected chi connectivity index (χ3v) is 15.7. The predicted molar refractivity (Wildman–Crippen MR) is 300 cm³/mol. The van der Waals surface area contributed by atoms with E-state index in [2.05, 4.69) is 190 Å². The van der Waals surface area contributed by atoms with Crippen molar-refractivity contribution in [2.24, 2.45) is 11.8 Å². The average molecular weight is 1220 g/mol. The van der Waals surface area contributed by atoms with Gasteiger partial charge in [0.05, 0.1) is 0 Å². The van der Waals surface area contributed by atoms with Gasteiger partial charge < -0.3 is 15.3 Å². The van der Waals surface area contributed by atoms with E-state index in [9.17, 15) is 15.3 Å². The molecule has 3 aliphatic rings. The van der Waals surface area contributed by atoms with Crippen LogP contribution >= 0.6 is 0 Å². The van der Waals surface area contributed by atoms with Crippen LogP contribution in [0.3, 0.4) is 0 Å². The molecule has 1 aliphatic heterocycles. The first-order chi connectivity index (χ1) is 32.5. The fraction of sp³-hybridized carbons (Fsp3) is 0.723. The fourth-order valence-electron chi connectivity index (χ4n) is 10.4. The normalized spacial score (nSPS) is 18.2. The van der Waals surface area contributed by atoms with Crippen molar-refractivity contribution in [3.05, 3.63) is 86.5 Å². The molecule has 0 atom stereocenters. The van der Waals surface area contributed by atoms with Gasteiger partial charge >= 0.3 is 31.1 Å². The van der Waals surface area contributed by atoms with E-state index in [0.717, 1.165) is 84.5 Å². The Labute approximate surface area is 467 Å². The van der Waals surface area contributed by atoms with Gasteiger partial charge in [0.2, 0.25) is 0 Å². The van der Waals surface area contributed by atoms with Gasteiger partial charge in [-0.1, -0.05) is 239 Å². The molecule has 0 bridgehead atoms. The molecule has 0 spiro atoms. The first-order valence-electron chi connectivity index (χ1n) is 28.3. The summed E-state index contributed by atoms with van der Waals surface area (Å²) in [6.45, 7) is 50.0. The average Bonchev–Trinajstić information content (AvgIpc) is 3.32. The van der Waals surface area contributed by atoms with Crippen molar-refractivity contribution < 1.29 is 46.4 Å². The van der Waals surface area contributed by atoms with Gasteiger partial charge in [-0.3, -0.25) is 14.7 Å². The van der Waals surface area contributed by atoms with E-state index in [-0.39, 0.29) is 80.9 Å². The predicted octanol–water partition coefficient (Wildman–Crippen LogP) is 14.7. The van der Waals surface area contributed by atoms with Crippen LogP contribution in [0.15, 0.2) is 36.4 Å². The molecular weight excluding hydrogens is 1110 g/mol. The Morgan fingerprint density at radius 3 is 0.708 bits per heavy atom. The second-order valence-corrected chi connectivity index (χ2v) is 28.9. The fourth-order valence-corrected chi connectivity index (χ4v) is 10.4. The van der Waals surface area contributed by atoms with Crippen LogP contribution in [0.2, 0.25) is 0 Å². The van der Waals surface area contributed by atoms with Crippen LogP contribution in [0.4, 0.5) is 0 Å². The van der Waals surface area contributed by atoms with Crippen molar-refractivity contribution in [1.29, 1.82) is 0 Å². The number of hydrogen-bond acceptors (Lipinski definition) is 6. The molecule has 0 aromatic heterocycles. The second kappa shape index (κ2) is 26.4. The summed E-state index contributed by atoms with van der Waals surface area (Å²) in [5.74, 6) is 2.48. The molecule has 1 radical (unpaired) electrons. The van der Waals surface area contributed by atoms with E-state index in [1.54, 1.807) is 0 Å². The Morgan fingerprint density at radius 2 is 0.556 bits per heavy atom. The largest absolute Gasteiger partial charge is 3.00 e. The molecule has 7 heteroatoms. The van der Waals surface area contributed by atoms with E-state index in [1.807, 2.05) is 0 Å². The Kier molecular flexibility index (Phi) is 23.5. The van der Waals surface area contributed by atoms with Crippen LogP contribution in [0.5, 0.6) is 17.2 Å². The van der Waals surface area contributed by atoms with Crippen LogP contribution in [0.25, 0.3) is 0 Å². The molecule has 3 fully saturated rings. The number of rotatable bonds is 6. The molecule has 403 valence electrons. The molecule has 3 aromatic rings. The molecule has 2 saturated carbocycles. The van der Waals surface area contributed by atoms with Crippen LogP contribution < -0.4 is 15.3 Å². The summed E-state index contributed by atoms with van der Waals surface area (Å²) in [7, 11) is 0. The molecule has 72 heavy (non-hydrogen) atoms. The van der Waals surface area contributed by atoms with Gasteiger partial charge in [-0.05, 0) is 94.4 Å². The molecule has 1 heterocycles. The molecule has 0 unspecified atom stereocenters. The molecule has 0 amide bonds. The van der Waals surface area contributed by atoms with E-state index in [0.29, 0.717) is 19.6 Å². The summed E-state index contributed by atoms with van der Waals surface area (Å²) in [5.41, 5.74) is 7.54. The number of hydrogen-bond donors (Lipinski definition) is 0. The third-order valence-electron chi connectivity index (χ3n) is 15.7. The third kappa shape index (κ3) is 19.5. The molecular formula is C65H106N3O3U. The topological polar surface area (TPSA) is 78.9 Å². The van der Waals surface area contributed by atoms with Gasteiger partial charge in [-0.15, -0.1) is 17.2 Å². The van der Waals surface area contributed by atoms with Crippen LogP contribution in [0.1, 0.15) is 253 Å². The van der Waals surface area contributed by atoms with Crippen molar-refractivity contribution in [1.82, 2.24) is 14.7 Å². The SMILES string of the molecule is CC(C)(C)c1cc(CN2CCN(Cc3cc(C(C)(C)C)cc(C(C)(C)C)c3[O-])CCN(Cc3cc(C(C)(C)C)cc(C(C)(C)C)c3[O-])CC2)c([O-])c(C(C)(C)C)c1.CC1CCCCC1.CC1CCCCC1.[U+3]. The molecule has 0 N–H and O–H groups in total. The van der Waals surface area contributed by atoms with Gasteiger partial charge in [0.25, 0.3) is 0 Å². The quantitative estimate of drug-likeness (QED) is 0.245. The van der Waals surface area contributed by atoms with E-state index < -0.39 is 0 Å². The molecule has 1 saturated heterocycles. The summed E-state index contributed by atoms with van der Waals surface area (Å²) >= 11 is 0. The summed E-state index contributed by atoms with van der Waals surface area (Å²) < 4.78 is 0. The smallest absolute Gasteiger partial charge is 0.872 e. The zero-order valence-electron chi connectivity index (χ0n) is 50.1. The maximum absolute atomic E-state index is 14.2. The Morgan fingerprint density at radius 1 is 0.347 bits per heavy atom. The number of benzene rings is 3. The van der Waals surface area contributed by atoms with E-state index in [1.165, 1.54) is 80.9 Å². The summed E-state index contributed by atoms with van der Waals surface area (Å²) in [5, 5.41) is 42.6. The van der Waals surface area contributed by atoms with E-state index >= 15 is 0 Å². The molecule has 2 aliphatic carbocycles. The summed E-state index contributed by atoms with van der Waals surface area (Å²) in [4.78, 5) is 7.28. The van der Waals surface area contributed by atoms with Gasteiger partial charge in [-0.25, -0.2) is 0 Å². The molecule has 6 rings (SSSR count). The van der Waals surface area contributed by atoms with Crippen molar-refractivity contribution >= 4 is 0 Å². The molecule has 3 aromatic carbocycles. The summed E-state index contributed by atoms with van der Waals surface area (Å²) in [6.07, 6.45) is 14.9. The Bertz CT molecular complexity index is 1890. The minimum Gasteiger partial charge on any atom is -0.872 e. The van der Waals surface area contributed by atoms with Gasteiger partial charge in [-0.2, -0.15) is 0 Å². The first-order valence-corrected chi connectivity index (χ1v) is 28.3. The zero-order chi connectivity index (χ0) is 53.5. The van der Waals surface area contributed by atoms with Crippen LogP contribution in [0, 0.1) is 42.9 Å². The van der Waals surface area contributed by atoms with E-state index in [4.69, 9.17) is 0 Å². The number of nitrogens with zero attached hydrogens (tertiary/aromatic N) is 3. The van der Waals surface area contributed by atoms with Crippen molar-refractivity contribution in [3.63, 3.8) is 0 Å². The van der Waals surface area contributed by atoms with Crippen molar-refractivity contribution in [2.75, 3.05) is 39.3 Å². The second-order valence-electron chi connectivity index (χ2n) is 28.9. The van der Waals surface area contributed by atoms with Gasteiger partial charge in [0.15, 0.2) is 0 Å². The summed E-state index contributed by atoms with van der Waals surface area (Å²) in [6, 6.07) is 12.8. The molecule has 6 nitrogen and oxygen atoms in total.